The molecule has 54 nitrogen and oxygen atoms in total. The Balaban J connectivity index is 0.938. The Bertz CT molecular complexity index is 3180. The average molecular weight is 1760 g/mol. The fraction of sp³-hybridized carbons (Fsp3) is 0.955. The highest BCUT2D eigenvalue weighted by Gasteiger charge is 2.62. The maximum atomic E-state index is 13.2. The molecule has 3 amide bonds. The van der Waals surface area contributed by atoms with E-state index in [-0.39, 0.29) is 0 Å². The maximum absolute atomic E-state index is 13.2. The fourth-order valence-electron chi connectivity index (χ4n) is 15.6. The summed E-state index contributed by atoms with van der Waals surface area (Å²) < 4.78 is 111. The Morgan fingerprint density at radius 3 is 0.725 bits per heavy atom. The van der Waals surface area contributed by atoms with Crippen LogP contribution in [0.2, 0.25) is 0 Å². The number of aliphatic hydroxyl groups is 29. The van der Waals surface area contributed by atoms with Gasteiger partial charge in [0.1, 0.15) is 244 Å². The highest BCUT2D eigenvalue weighted by molar-refractivity contribution is 5.74. The van der Waals surface area contributed by atoms with Crippen molar-refractivity contribution in [1.29, 1.82) is 0 Å². The van der Waals surface area contributed by atoms with Gasteiger partial charge in [-0.3, -0.25) is 14.4 Å². The van der Waals surface area contributed by atoms with Crippen LogP contribution in [0.4, 0.5) is 0 Å². The van der Waals surface area contributed by atoms with Crippen molar-refractivity contribution >= 4 is 17.7 Å². The van der Waals surface area contributed by atoms with Gasteiger partial charge in [0.25, 0.3) is 0 Å². The summed E-state index contributed by atoms with van der Waals surface area (Å²) in [6.07, 6.45) is -97.7. The van der Waals surface area contributed by atoms with Crippen molar-refractivity contribution in [3.63, 3.8) is 0 Å². The number of carbonyl (C=O) groups is 3. The fourth-order valence-corrected chi connectivity index (χ4v) is 15.6. The number of amides is 3. The van der Waals surface area contributed by atoms with Crippen molar-refractivity contribution in [2.24, 2.45) is 0 Å². The van der Waals surface area contributed by atoms with E-state index in [4.69, 9.17) is 90.0 Å². The maximum Gasteiger partial charge on any atom is 0.217 e. The molecule has 0 aromatic heterocycles. The highest BCUT2D eigenvalue weighted by Crippen LogP contribution is 2.41. The first-order chi connectivity index (χ1) is 56.8. The molecule has 54 heteroatoms. The zero-order valence-corrected chi connectivity index (χ0v) is 63.9. The van der Waals surface area contributed by atoms with E-state index in [1.807, 2.05) is 0 Å². The van der Waals surface area contributed by atoms with Gasteiger partial charge in [-0.25, -0.2) is 0 Å². The third kappa shape index (κ3) is 21.2. The number of carbonyl (C=O) groups excluding carboxylic acids is 3. The van der Waals surface area contributed by atoms with Gasteiger partial charge < -0.3 is 254 Å². The summed E-state index contributed by atoms with van der Waals surface area (Å²) in [5.74, 6) is -2.98. The number of rotatable bonds is 31. The first kappa shape index (κ1) is 98.7. The number of ether oxygens (including phenoxy) is 19. The summed E-state index contributed by atoms with van der Waals surface area (Å²) in [6, 6.07) is -6.02. The Hall–Kier alpha value is -3.51. The lowest BCUT2D eigenvalue weighted by atomic mass is 9.93. The van der Waals surface area contributed by atoms with Gasteiger partial charge in [0.05, 0.1) is 66.1 Å². The van der Waals surface area contributed by atoms with Crippen LogP contribution in [0.25, 0.3) is 0 Å². The summed E-state index contributed by atoms with van der Waals surface area (Å²) in [7, 11) is 0. The van der Waals surface area contributed by atoms with Crippen molar-refractivity contribution in [2.45, 2.75) is 328 Å². The Morgan fingerprint density at radius 1 is 0.217 bits per heavy atom. The highest BCUT2D eigenvalue weighted by atomic mass is 16.8. The third-order valence-corrected chi connectivity index (χ3v) is 22.1. The zero-order chi connectivity index (χ0) is 88.2. The van der Waals surface area contributed by atoms with E-state index in [0.717, 1.165) is 20.8 Å². The topological polar surface area (TPSA) is 849 Å². The first-order valence-electron chi connectivity index (χ1n) is 38.2. The summed E-state index contributed by atoms with van der Waals surface area (Å²) in [4.78, 5) is 39.4. The van der Waals surface area contributed by atoms with Crippen LogP contribution >= 0.6 is 0 Å². The van der Waals surface area contributed by atoms with E-state index < -0.39 is 391 Å². The lowest BCUT2D eigenvalue weighted by Crippen LogP contribution is -2.71. The largest absolute Gasteiger partial charge is 0.394 e. The SMILES string of the molecule is CC(=O)N[C@H]1[C@H](OC[C@H]2O[C@@H](O[C@H]3[C@H](O)[C@@H](NC(C)=O)[C@H](O[C@H]4[C@@H](O)[C@@H](CO)O[C@@H](O[C@H]5[C@H](O)[C@@H](O)[C@H](O)O[C@@H]5CO)[C@@H]4O)O[C@@H]3CO)[C@H](O)[C@@H](O[C@@H]3O[C@H](CO)[C@@H](O[C@@H]4O[C@H](CO)[C@H](O)[C@H](O[C@@H]5O[C@H](CO)[C@H](O)[C@H](O)[C@H]5O)[C@H]4O)[C@H](O)[C@H]3NC(C)=O)[C@H]2O)O[C@H](CO)[C@@H](O[C@@H]2O[C@H](CO)[C@H](O)[C@H](O[C@@H]3O[C@H](CO)[C@H](O)[C@H](O)[C@H]3O)[C@H]2O)[C@@H]1O. The van der Waals surface area contributed by atoms with E-state index in [9.17, 15) is 162 Å². The lowest BCUT2D eigenvalue weighted by Gasteiger charge is -2.51. The van der Waals surface area contributed by atoms with Gasteiger partial charge in [0.15, 0.2) is 62.9 Å². The Morgan fingerprint density at radius 2 is 0.433 bits per heavy atom. The van der Waals surface area contributed by atoms with Gasteiger partial charge >= 0.3 is 0 Å². The molecule has 696 valence electrons. The molecule has 10 heterocycles. The smallest absolute Gasteiger partial charge is 0.217 e. The van der Waals surface area contributed by atoms with E-state index in [2.05, 4.69) is 16.0 Å². The minimum absolute atomic E-state index is 0.897. The van der Waals surface area contributed by atoms with Crippen LogP contribution in [0.1, 0.15) is 20.8 Å². The van der Waals surface area contributed by atoms with Crippen molar-refractivity contribution in [1.82, 2.24) is 16.0 Å². The van der Waals surface area contributed by atoms with E-state index in [1.165, 1.54) is 0 Å². The number of hydrogen-bond acceptors (Lipinski definition) is 51. The molecule has 120 heavy (non-hydrogen) atoms. The van der Waals surface area contributed by atoms with E-state index in [1.54, 1.807) is 0 Å². The molecule has 10 rings (SSSR count). The second-order valence-electron chi connectivity index (χ2n) is 30.2. The minimum atomic E-state index is -2.56. The van der Waals surface area contributed by atoms with Crippen LogP contribution in [0.15, 0.2) is 0 Å². The normalized spacial score (nSPS) is 50.4. The molecule has 0 aliphatic carbocycles. The summed E-state index contributed by atoms with van der Waals surface area (Å²) in [5.41, 5.74) is 0. The predicted octanol–water partition coefficient (Wildman–Crippen LogP) is -22.4. The second-order valence-corrected chi connectivity index (χ2v) is 30.2. The standard InChI is InChI=1S/C66H111N3O51/c1-14(79)67-27-36(88)49(113-63-46(98)54(33(85)20(7-73)106-63)119-61-43(95)39(91)30(82)17(4-70)104-61)23(10-76)109-58(27)102-13-26-35(87)56(118-60-29(69-16(3)81)37(89)50(24(11-77)111-60)114-64-47(99)55(34(86)21(8-74)107-64)120-62-44(96)40(92)31(83)18(5-71)105-62)48(100)66(112-26)115-51-25(12-78)110-59(28(38(51)90)68-15(2)80)117-53-32(84)19(6-72)108-65(45(53)97)116-52-22(9-75)103-57(101)42(94)41(52)93/h17-66,70-78,82-101H,4-13H2,1-3H3,(H,67,79)(H,68,80)(H,69,81)/t17-,18-,19-,20-,21-,22-,23-,24-,25-,26-,27-,28-,29-,30+,31+,32+,33+,34+,35+,36-,37-,38-,39+,40+,41-,42-,43-,44-,45-,46-,47-,48-,49-,50-,51-,52-,53+,54+,55+,56+,57-,58-,59+,60+,61+,62+,63+,64+,65+,66+/m1/s1. The van der Waals surface area contributed by atoms with Crippen LogP contribution < -0.4 is 16.0 Å². The molecule has 10 fully saturated rings. The number of aliphatic hydroxyl groups excluding tert-OH is 29. The monoisotopic (exact) mass is 1760 g/mol. The molecule has 0 unspecified atom stereocenters. The van der Waals surface area contributed by atoms with Gasteiger partial charge in [0, 0.05) is 20.8 Å². The summed E-state index contributed by atoms with van der Waals surface area (Å²) >= 11 is 0. The van der Waals surface area contributed by atoms with Crippen LogP contribution in [-0.2, 0) is 104 Å². The van der Waals surface area contributed by atoms with Gasteiger partial charge in [-0.05, 0) is 0 Å². The third-order valence-electron chi connectivity index (χ3n) is 22.1. The molecular weight excluding hydrogens is 1650 g/mol. The molecule has 0 aromatic rings. The number of hydrogen-bond donors (Lipinski definition) is 32. The van der Waals surface area contributed by atoms with E-state index >= 15 is 0 Å². The second kappa shape index (κ2) is 43.1. The quantitative estimate of drug-likeness (QED) is 0.0306. The van der Waals surface area contributed by atoms with Crippen molar-refractivity contribution in [2.75, 3.05) is 66.1 Å². The van der Waals surface area contributed by atoms with Crippen molar-refractivity contribution < 1.29 is 252 Å². The lowest BCUT2D eigenvalue weighted by molar-refractivity contribution is -0.391. The van der Waals surface area contributed by atoms with Crippen LogP contribution in [-0.4, -0.2) is 539 Å². The molecule has 50 atom stereocenters. The van der Waals surface area contributed by atoms with Crippen LogP contribution in [0.5, 0.6) is 0 Å². The van der Waals surface area contributed by atoms with Crippen LogP contribution in [0.3, 0.4) is 0 Å². The van der Waals surface area contributed by atoms with Gasteiger partial charge in [-0.1, -0.05) is 0 Å². The van der Waals surface area contributed by atoms with Crippen molar-refractivity contribution in [3.8, 4) is 0 Å². The summed E-state index contributed by atoms with van der Waals surface area (Å²) in [6.45, 7) is -8.25. The van der Waals surface area contributed by atoms with Gasteiger partial charge in [-0.2, -0.15) is 0 Å². The Labute approximate surface area is 678 Å². The predicted molar refractivity (Wildman–Crippen MR) is 364 cm³/mol. The molecule has 10 aliphatic rings. The van der Waals surface area contributed by atoms with Crippen molar-refractivity contribution in [3.05, 3.63) is 0 Å². The molecular formula is C66H111N3O51. The molecule has 10 aliphatic heterocycles. The molecule has 10 saturated heterocycles. The molecule has 32 N–H and O–H groups in total. The molecule has 0 spiro atoms. The van der Waals surface area contributed by atoms with Crippen LogP contribution in [0, 0.1) is 0 Å². The number of nitrogens with one attached hydrogen (secondary N) is 3. The first-order valence-corrected chi connectivity index (χ1v) is 38.2. The molecule has 0 bridgehead atoms. The summed E-state index contributed by atoms with van der Waals surface area (Å²) in [5, 5.41) is 327. The molecule has 0 saturated carbocycles. The Kier molecular flexibility index (Phi) is 35.4. The van der Waals surface area contributed by atoms with Gasteiger partial charge in [-0.15, -0.1) is 0 Å². The molecule has 0 aromatic carbocycles. The average Bonchev–Trinajstić information content (AvgIpc) is 0.782. The zero-order valence-electron chi connectivity index (χ0n) is 63.9. The van der Waals surface area contributed by atoms with E-state index in [0.29, 0.717) is 0 Å². The van der Waals surface area contributed by atoms with Gasteiger partial charge in [0.2, 0.25) is 17.7 Å². The molecule has 0 radical (unpaired) electrons. The minimum Gasteiger partial charge on any atom is -0.394 e.